The molecule has 21 heavy (non-hydrogen) atoms. The largest absolute Gasteiger partial charge is 0.387 e. The topological polar surface area (TPSA) is 75.4 Å². The van der Waals surface area contributed by atoms with Gasteiger partial charge in [0.2, 0.25) is 0 Å². The lowest BCUT2D eigenvalue weighted by atomic mass is 10.1. The van der Waals surface area contributed by atoms with Gasteiger partial charge in [-0.05, 0) is 29.8 Å². The van der Waals surface area contributed by atoms with Crippen molar-refractivity contribution in [3.63, 3.8) is 0 Å². The summed E-state index contributed by atoms with van der Waals surface area (Å²) in [5.41, 5.74) is 0.393. The average molecular weight is 311 g/mol. The summed E-state index contributed by atoms with van der Waals surface area (Å²) < 4.78 is 13.0. The molecule has 0 aromatic heterocycles. The molecule has 0 aliphatic rings. The van der Waals surface area contributed by atoms with Gasteiger partial charge in [0.1, 0.15) is 11.5 Å². The molecule has 2 rings (SSSR count). The van der Waals surface area contributed by atoms with Gasteiger partial charge in [0.25, 0.3) is 5.69 Å². The zero-order valence-electron chi connectivity index (χ0n) is 10.8. The molecule has 0 spiro atoms. The summed E-state index contributed by atoms with van der Waals surface area (Å²) >= 11 is 5.75. The molecular weight excluding hydrogens is 299 g/mol. The molecule has 0 fully saturated rings. The van der Waals surface area contributed by atoms with Gasteiger partial charge >= 0.3 is 0 Å². The van der Waals surface area contributed by atoms with Crippen LogP contribution >= 0.6 is 11.6 Å². The molecule has 2 aromatic carbocycles. The lowest BCUT2D eigenvalue weighted by molar-refractivity contribution is -0.384. The van der Waals surface area contributed by atoms with Gasteiger partial charge in [-0.2, -0.15) is 0 Å². The van der Waals surface area contributed by atoms with E-state index >= 15 is 0 Å². The molecule has 0 saturated heterocycles. The van der Waals surface area contributed by atoms with Crippen molar-refractivity contribution in [3.8, 4) is 0 Å². The zero-order valence-corrected chi connectivity index (χ0v) is 11.5. The normalized spacial score (nSPS) is 12.0. The van der Waals surface area contributed by atoms with E-state index in [0.29, 0.717) is 10.6 Å². The summed E-state index contributed by atoms with van der Waals surface area (Å²) in [4.78, 5) is 10.2. The number of aliphatic hydroxyl groups is 1. The highest BCUT2D eigenvalue weighted by Crippen LogP contribution is 2.26. The molecule has 0 radical (unpaired) electrons. The number of aliphatic hydroxyl groups excluding tert-OH is 1. The van der Waals surface area contributed by atoms with Crippen LogP contribution in [0.15, 0.2) is 42.5 Å². The smallest absolute Gasteiger partial charge is 0.295 e. The fraction of sp³-hybridized carbons (Fsp3) is 0.143. The highest BCUT2D eigenvalue weighted by atomic mass is 35.5. The van der Waals surface area contributed by atoms with Crippen LogP contribution in [0.2, 0.25) is 5.02 Å². The predicted octanol–water partition coefficient (Wildman–Crippen LogP) is 3.53. The van der Waals surface area contributed by atoms with Gasteiger partial charge < -0.3 is 10.4 Å². The van der Waals surface area contributed by atoms with Crippen molar-refractivity contribution in [2.45, 2.75) is 6.10 Å². The van der Waals surface area contributed by atoms with Crippen molar-refractivity contribution >= 4 is 23.0 Å². The second-order valence-electron chi connectivity index (χ2n) is 4.37. The highest BCUT2D eigenvalue weighted by Gasteiger charge is 2.16. The van der Waals surface area contributed by atoms with E-state index < -0.39 is 16.8 Å². The molecule has 7 heteroatoms. The number of hydrogen-bond donors (Lipinski definition) is 2. The van der Waals surface area contributed by atoms with Gasteiger partial charge in [0, 0.05) is 11.6 Å². The maximum atomic E-state index is 13.0. The minimum atomic E-state index is -0.869. The fourth-order valence-corrected chi connectivity index (χ4v) is 1.94. The first kappa shape index (κ1) is 15.2. The van der Waals surface area contributed by atoms with E-state index in [0.717, 1.165) is 12.1 Å². The van der Waals surface area contributed by atoms with Crippen molar-refractivity contribution in [3.05, 3.63) is 69.0 Å². The van der Waals surface area contributed by atoms with E-state index in [1.54, 1.807) is 24.3 Å². The molecule has 0 amide bonds. The summed E-state index contributed by atoms with van der Waals surface area (Å²) in [6.07, 6.45) is -0.869. The number of halogens is 2. The lowest BCUT2D eigenvalue weighted by Crippen LogP contribution is -2.13. The number of nitrogens with one attached hydrogen (secondary N) is 1. The minimum absolute atomic E-state index is 0.0497. The van der Waals surface area contributed by atoms with E-state index in [4.69, 9.17) is 11.6 Å². The van der Waals surface area contributed by atoms with E-state index in [2.05, 4.69) is 5.32 Å². The first-order chi connectivity index (χ1) is 9.97. The van der Waals surface area contributed by atoms with Gasteiger partial charge in [-0.15, -0.1) is 0 Å². The Morgan fingerprint density at radius 2 is 1.95 bits per heavy atom. The van der Waals surface area contributed by atoms with Gasteiger partial charge in [-0.3, -0.25) is 10.1 Å². The third-order valence-corrected chi connectivity index (χ3v) is 3.15. The van der Waals surface area contributed by atoms with Crippen molar-refractivity contribution in [1.29, 1.82) is 0 Å². The molecule has 2 N–H and O–H groups in total. The van der Waals surface area contributed by atoms with E-state index in [1.807, 2.05) is 0 Å². The van der Waals surface area contributed by atoms with Gasteiger partial charge in [-0.25, -0.2) is 4.39 Å². The maximum Gasteiger partial charge on any atom is 0.295 e. The number of hydrogen-bond acceptors (Lipinski definition) is 4. The van der Waals surface area contributed by atoms with Crippen LogP contribution in [0.3, 0.4) is 0 Å². The Morgan fingerprint density at radius 3 is 2.57 bits per heavy atom. The van der Waals surface area contributed by atoms with Crippen LogP contribution in [-0.4, -0.2) is 16.6 Å². The molecule has 0 bridgehead atoms. The second-order valence-corrected chi connectivity index (χ2v) is 4.80. The quantitative estimate of drug-likeness (QED) is 0.654. The Morgan fingerprint density at radius 1 is 1.29 bits per heavy atom. The number of anilines is 1. The Bertz CT molecular complexity index is 649. The molecule has 0 heterocycles. The van der Waals surface area contributed by atoms with E-state index in [-0.39, 0.29) is 17.9 Å². The summed E-state index contributed by atoms with van der Waals surface area (Å²) in [7, 11) is 0. The van der Waals surface area contributed by atoms with Crippen LogP contribution in [0.1, 0.15) is 11.7 Å². The van der Waals surface area contributed by atoms with Crippen LogP contribution < -0.4 is 5.32 Å². The van der Waals surface area contributed by atoms with Crippen molar-refractivity contribution in [2.24, 2.45) is 0 Å². The molecule has 1 unspecified atom stereocenters. The number of rotatable bonds is 5. The zero-order chi connectivity index (χ0) is 15.4. The molecule has 110 valence electrons. The van der Waals surface area contributed by atoms with Crippen LogP contribution in [0.4, 0.5) is 15.8 Å². The van der Waals surface area contributed by atoms with Crippen LogP contribution in [0.25, 0.3) is 0 Å². The first-order valence-corrected chi connectivity index (χ1v) is 6.46. The molecular formula is C14H12ClFN2O3. The van der Waals surface area contributed by atoms with Crippen LogP contribution in [-0.2, 0) is 0 Å². The first-order valence-electron chi connectivity index (χ1n) is 6.08. The minimum Gasteiger partial charge on any atom is -0.387 e. The molecule has 0 aliphatic heterocycles. The molecule has 0 aliphatic carbocycles. The van der Waals surface area contributed by atoms with Crippen molar-refractivity contribution < 1.29 is 14.4 Å². The Labute approximate surface area is 125 Å². The monoisotopic (exact) mass is 310 g/mol. The lowest BCUT2D eigenvalue weighted by Gasteiger charge is -2.13. The maximum absolute atomic E-state index is 13.0. The number of nitrogens with zero attached hydrogens (tertiary/aromatic N) is 1. The van der Waals surface area contributed by atoms with E-state index in [9.17, 15) is 19.6 Å². The van der Waals surface area contributed by atoms with Gasteiger partial charge in [0.15, 0.2) is 0 Å². The summed E-state index contributed by atoms with van der Waals surface area (Å²) in [5.74, 6) is -0.689. The molecule has 2 aromatic rings. The number of nitro benzene ring substituents is 1. The second kappa shape index (κ2) is 6.51. The third-order valence-electron chi connectivity index (χ3n) is 2.90. The standard InChI is InChI=1S/C14H12ClFN2O3/c15-10-3-1-9(2-4-10)14(19)8-17-12-6-5-11(16)7-13(12)18(20)21/h1-7,14,17,19H,8H2. The predicted molar refractivity (Wildman–Crippen MR) is 78.0 cm³/mol. The average Bonchev–Trinajstić information content (AvgIpc) is 2.46. The third kappa shape index (κ3) is 3.90. The molecule has 1 atom stereocenters. The van der Waals surface area contributed by atoms with Gasteiger partial charge in [-0.1, -0.05) is 23.7 Å². The van der Waals surface area contributed by atoms with Crippen LogP contribution in [0, 0.1) is 15.9 Å². The molecule has 0 saturated carbocycles. The number of benzene rings is 2. The summed E-state index contributed by atoms with van der Waals surface area (Å²) in [5, 5.41) is 24.1. The van der Waals surface area contributed by atoms with Crippen molar-refractivity contribution in [1.82, 2.24) is 0 Å². The fourth-order valence-electron chi connectivity index (χ4n) is 1.81. The summed E-state index contributed by atoms with van der Waals surface area (Å²) in [6.45, 7) is 0.0497. The van der Waals surface area contributed by atoms with E-state index in [1.165, 1.54) is 6.07 Å². The molecule has 5 nitrogen and oxygen atoms in total. The Kier molecular flexibility index (Phi) is 4.72. The Hall–Kier alpha value is -2.18. The number of nitro groups is 1. The Balaban J connectivity index is 2.09. The van der Waals surface area contributed by atoms with Crippen molar-refractivity contribution in [2.75, 3.05) is 11.9 Å². The van der Waals surface area contributed by atoms with Gasteiger partial charge in [0.05, 0.1) is 17.1 Å². The highest BCUT2D eigenvalue weighted by molar-refractivity contribution is 6.30. The SMILES string of the molecule is O=[N+]([O-])c1cc(F)ccc1NCC(O)c1ccc(Cl)cc1. The summed E-state index contributed by atoms with van der Waals surface area (Å²) in [6, 6.07) is 9.81. The van der Waals surface area contributed by atoms with Crippen LogP contribution in [0.5, 0.6) is 0 Å².